The van der Waals surface area contributed by atoms with Gasteiger partial charge in [-0.25, -0.2) is 4.79 Å². The molecule has 6 rings (SSSR count). The van der Waals surface area contributed by atoms with Gasteiger partial charge in [-0.1, -0.05) is 49.6 Å². The van der Waals surface area contributed by atoms with E-state index in [-0.39, 0.29) is 6.10 Å². The smallest absolute Gasteiger partial charge is 0.335 e. The highest BCUT2D eigenvalue weighted by Crippen LogP contribution is 2.46. The molecular weight excluding hydrogens is 448 g/mol. The number of fused-ring (bicyclic) bond motifs is 5. The van der Waals surface area contributed by atoms with Gasteiger partial charge in [-0.2, -0.15) is 0 Å². The Morgan fingerprint density at radius 2 is 1.89 bits per heavy atom. The number of aromatic carboxylic acids is 1. The topological polar surface area (TPSA) is 63.5 Å². The molecule has 3 heterocycles. The van der Waals surface area contributed by atoms with Crippen LogP contribution in [0.15, 0.2) is 42.5 Å². The fraction of sp³-hybridized carbons (Fsp3) is 0.516. The first-order chi connectivity index (χ1) is 17.7. The summed E-state index contributed by atoms with van der Waals surface area (Å²) in [7, 11) is 0. The Labute approximate surface area is 213 Å². The van der Waals surface area contributed by atoms with E-state index in [0.717, 1.165) is 44.5 Å². The number of hydrogen-bond donors (Lipinski definition) is 2. The van der Waals surface area contributed by atoms with Gasteiger partial charge in [-0.05, 0) is 80.7 Å². The van der Waals surface area contributed by atoms with Crippen molar-refractivity contribution >= 4 is 16.9 Å². The van der Waals surface area contributed by atoms with E-state index in [1.165, 1.54) is 72.7 Å². The number of aromatic nitrogens is 1. The zero-order valence-corrected chi connectivity index (χ0v) is 21.2. The fourth-order valence-corrected chi connectivity index (χ4v) is 6.91. The van der Waals surface area contributed by atoms with Crippen LogP contribution in [0.4, 0.5) is 0 Å². The van der Waals surface area contributed by atoms with Gasteiger partial charge < -0.3 is 19.7 Å². The number of benzene rings is 2. The first kappa shape index (κ1) is 23.7. The minimum absolute atomic E-state index is 0.166. The molecule has 5 nitrogen and oxygen atoms in total. The quantitative estimate of drug-likeness (QED) is 0.416. The highest BCUT2D eigenvalue weighted by Gasteiger charge is 2.30. The monoisotopic (exact) mass is 486 g/mol. The molecule has 2 fully saturated rings. The molecule has 36 heavy (non-hydrogen) atoms. The first-order valence-electron chi connectivity index (χ1n) is 14.0. The highest BCUT2D eigenvalue weighted by molar-refractivity contribution is 5.98. The van der Waals surface area contributed by atoms with Crippen molar-refractivity contribution in [3.63, 3.8) is 0 Å². The van der Waals surface area contributed by atoms with Crippen LogP contribution >= 0.6 is 0 Å². The number of nitrogens with zero attached hydrogens (tertiary/aromatic N) is 1. The van der Waals surface area contributed by atoms with Crippen LogP contribution in [0.5, 0.6) is 0 Å². The van der Waals surface area contributed by atoms with Gasteiger partial charge >= 0.3 is 5.97 Å². The minimum atomic E-state index is -0.861. The number of rotatable bonds is 6. The zero-order valence-electron chi connectivity index (χ0n) is 21.2. The second kappa shape index (κ2) is 10.4. The van der Waals surface area contributed by atoms with Crippen LogP contribution in [0.2, 0.25) is 0 Å². The molecule has 3 aromatic rings. The predicted molar refractivity (Wildman–Crippen MR) is 144 cm³/mol. The average molecular weight is 487 g/mol. The number of carboxylic acids is 1. The largest absolute Gasteiger partial charge is 0.478 e. The number of carboxylic acid groups (broad SMARTS) is 1. The van der Waals surface area contributed by atoms with Crippen LogP contribution in [-0.2, 0) is 17.7 Å². The van der Waals surface area contributed by atoms with E-state index < -0.39 is 5.97 Å². The molecule has 1 saturated carbocycles. The van der Waals surface area contributed by atoms with Crippen LogP contribution < -0.4 is 5.32 Å². The Hall–Kier alpha value is -2.63. The van der Waals surface area contributed by atoms with Crippen molar-refractivity contribution in [2.75, 3.05) is 13.2 Å². The number of carbonyl (C=O) groups is 1. The predicted octanol–water partition coefficient (Wildman–Crippen LogP) is 6.53. The van der Waals surface area contributed by atoms with Gasteiger partial charge in [0.05, 0.1) is 17.4 Å². The van der Waals surface area contributed by atoms with Crippen molar-refractivity contribution in [1.82, 2.24) is 9.88 Å². The molecule has 0 amide bonds. The summed E-state index contributed by atoms with van der Waals surface area (Å²) >= 11 is 0. The molecule has 5 heteroatoms. The van der Waals surface area contributed by atoms with Crippen molar-refractivity contribution < 1.29 is 14.6 Å². The maximum atomic E-state index is 11.9. The lowest BCUT2D eigenvalue weighted by Gasteiger charge is -2.28. The second-order valence-corrected chi connectivity index (χ2v) is 11.0. The molecule has 190 valence electrons. The molecular formula is C31H38N2O3. The SMILES string of the molecule is O=C(O)c1ccc2c(C3CCCCC3)c3n(c2c1)CCC(OCCC1CCCN1)Cc1ccccc1-3. The normalized spacial score (nSPS) is 22.7. The van der Waals surface area contributed by atoms with Crippen molar-refractivity contribution in [3.05, 3.63) is 59.2 Å². The van der Waals surface area contributed by atoms with E-state index >= 15 is 0 Å². The summed E-state index contributed by atoms with van der Waals surface area (Å²) in [4.78, 5) is 11.9. The molecule has 1 aromatic heterocycles. The van der Waals surface area contributed by atoms with Gasteiger partial charge in [-0.15, -0.1) is 0 Å². The summed E-state index contributed by atoms with van der Waals surface area (Å²) in [6.07, 6.45) is 11.9. The molecule has 2 aliphatic heterocycles. The zero-order chi connectivity index (χ0) is 24.5. The summed E-state index contributed by atoms with van der Waals surface area (Å²) in [6.45, 7) is 2.77. The Morgan fingerprint density at radius 1 is 1.03 bits per heavy atom. The number of hydrogen-bond acceptors (Lipinski definition) is 3. The molecule has 2 atom stereocenters. The van der Waals surface area contributed by atoms with Crippen LogP contribution in [0.25, 0.3) is 22.2 Å². The molecule has 2 N–H and O–H groups in total. The highest BCUT2D eigenvalue weighted by atomic mass is 16.5. The van der Waals surface area contributed by atoms with Gasteiger partial charge in [0.1, 0.15) is 0 Å². The summed E-state index contributed by atoms with van der Waals surface area (Å²) < 4.78 is 8.93. The van der Waals surface area contributed by atoms with E-state index in [1.807, 2.05) is 6.07 Å². The van der Waals surface area contributed by atoms with E-state index in [2.05, 4.69) is 40.2 Å². The number of aryl methyl sites for hydroxylation is 1. The molecule has 1 saturated heterocycles. The Kier molecular flexibility index (Phi) is 6.85. The summed E-state index contributed by atoms with van der Waals surface area (Å²) in [6, 6.07) is 15.2. The maximum Gasteiger partial charge on any atom is 0.335 e. The van der Waals surface area contributed by atoms with Crippen LogP contribution in [0.3, 0.4) is 0 Å². The number of ether oxygens (including phenoxy) is 1. The molecule has 0 spiro atoms. The molecule has 3 aliphatic rings. The summed E-state index contributed by atoms with van der Waals surface area (Å²) in [5.74, 6) is -0.328. The van der Waals surface area contributed by atoms with E-state index in [4.69, 9.17) is 4.74 Å². The molecule has 2 aromatic carbocycles. The van der Waals surface area contributed by atoms with E-state index in [1.54, 1.807) is 6.07 Å². The van der Waals surface area contributed by atoms with Gasteiger partial charge in [-0.3, -0.25) is 0 Å². The average Bonchev–Trinajstić information content (AvgIpc) is 3.52. The van der Waals surface area contributed by atoms with Crippen molar-refractivity contribution in [2.24, 2.45) is 0 Å². The van der Waals surface area contributed by atoms with Gasteiger partial charge in [0.15, 0.2) is 0 Å². The standard InChI is InChI=1S/C31H38N2O3/c34-31(35)23-12-13-27-28(20-23)33-17-14-25(36-18-15-24-10-6-16-32-24)19-22-9-4-5-11-26(22)30(33)29(27)21-7-2-1-3-8-21/h4-5,9,11-13,20-21,24-25,32H,1-3,6-8,10,14-19H2,(H,34,35). The minimum Gasteiger partial charge on any atom is -0.478 e. The lowest BCUT2D eigenvalue weighted by Crippen LogP contribution is -2.26. The van der Waals surface area contributed by atoms with Crippen LogP contribution in [0.1, 0.15) is 85.2 Å². The van der Waals surface area contributed by atoms with Gasteiger partial charge in [0.2, 0.25) is 0 Å². The number of nitrogens with one attached hydrogen (secondary N) is 1. The molecule has 0 radical (unpaired) electrons. The lowest BCUT2D eigenvalue weighted by atomic mass is 9.81. The van der Waals surface area contributed by atoms with E-state index in [0.29, 0.717) is 17.5 Å². The summed E-state index contributed by atoms with van der Waals surface area (Å²) in [5, 5.41) is 14.6. The molecule has 2 unspecified atom stereocenters. The molecule has 0 bridgehead atoms. The van der Waals surface area contributed by atoms with Gasteiger partial charge in [0.25, 0.3) is 0 Å². The maximum absolute atomic E-state index is 11.9. The third-order valence-corrected chi connectivity index (χ3v) is 8.74. The fourth-order valence-electron chi connectivity index (χ4n) is 6.91. The summed E-state index contributed by atoms with van der Waals surface area (Å²) in [5.41, 5.74) is 6.85. The van der Waals surface area contributed by atoms with Crippen molar-refractivity contribution in [1.29, 1.82) is 0 Å². The Balaban J connectivity index is 1.41. The van der Waals surface area contributed by atoms with Crippen molar-refractivity contribution in [2.45, 2.75) is 88.8 Å². The first-order valence-corrected chi connectivity index (χ1v) is 14.0. The Bertz CT molecular complexity index is 1230. The van der Waals surface area contributed by atoms with Crippen LogP contribution in [0, 0.1) is 0 Å². The third-order valence-electron chi connectivity index (χ3n) is 8.74. The lowest BCUT2D eigenvalue weighted by molar-refractivity contribution is 0.0398. The van der Waals surface area contributed by atoms with E-state index in [9.17, 15) is 9.90 Å². The Morgan fingerprint density at radius 3 is 2.69 bits per heavy atom. The van der Waals surface area contributed by atoms with Crippen molar-refractivity contribution in [3.8, 4) is 11.3 Å². The van der Waals surface area contributed by atoms with Gasteiger partial charge in [0, 0.05) is 35.7 Å². The second-order valence-electron chi connectivity index (χ2n) is 11.0. The van der Waals surface area contributed by atoms with Crippen LogP contribution in [-0.4, -0.2) is 40.9 Å². The third kappa shape index (κ3) is 4.59. The molecule has 1 aliphatic carbocycles.